The van der Waals surface area contributed by atoms with Gasteiger partial charge in [0.2, 0.25) is 0 Å². The van der Waals surface area contributed by atoms with E-state index in [2.05, 4.69) is 5.32 Å². The number of hydrogen-bond donors (Lipinski definition) is 1. The summed E-state index contributed by atoms with van der Waals surface area (Å²) in [4.78, 5) is 11.7. The fourth-order valence-corrected chi connectivity index (χ4v) is 1.81. The van der Waals surface area contributed by atoms with Gasteiger partial charge in [-0.1, -0.05) is 23.2 Å². The molecule has 1 amide bonds. The average Bonchev–Trinajstić information content (AvgIpc) is 3.06. The van der Waals surface area contributed by atoms with Gasteiger partial charge in [-0.3, -0.25) is 4.79 Å². The highest BCUT2D eigenvalue weighted by molar-refractivity contribution is 6.35. The molecule has 0 unspecified atom stereocenters. The van der Waals surface area contributed by atoms with Crippen LogP contribution in [0.1, 0.15) is 19.8 Å². The monoisotopic (exact) mass is 273 g/mol. The highest BCUT2D eigenvalue weighted by atomic mass is 35.5. The second-order valence-electron chi connectivity index (χ2n) is 4.12. The van der Waals surface area contributed by atoms with Gasteiger partial charge in [-0.05, 0) is 38.0 Å². The van der Waals surface area contributed by atoms with E-state index in [1.54, 1.807) is 25.1 Å². The molecule has 0 saturated heterocycles. The second kappa shape index (κ2) is 5.15. The van der Waals surface area contributed by atoms with E-state index >= 15 is 0 Å². The molecule has 1 atom stereocenters. The van der Waals surface area contributed by atoms with Crippen molar-refractivity contribution in [2.24, 2.45) is 0 Å². The van der Waals surface area contributed by atoms with Gasteiger partial charge in [0, 0.05) is 11.1 Å². The molecule has 1 aliphatic carbocycles. The predicted molar refractivity (Wildman–Crippen MR) is 67.7 cm³/mol. The van der Waals surface area contributed by atoms with Crippen LogP contribution >= 0.6 is 23.2 Å². The van der Waals surface area contributed by atoms with E-state index in [0.29, 0.717) is 21.8 Å². The topological polar surface area (TPSA) is 38.3 Å². The Hall–Kier alpha value is -0.930. The highest BCUT2D eigenvalue weighted by Crippen LogP contribution is 2.28. The van der Waals surface area contributed by atoms with Gasteiger partial charge >= 0.3 is 0 Å². The molecule has 1 aromatic rings. The number of amides is 1. The summed E-state index contributed by atoms with van der Waals surface area (Å²) >= 11 is 11.7. The lowest BCUT2D eigenvalue weighted by Crippen LogP contribution is -2.37. The van der Waals surface area contributed by atoms with E-state index in [-0.39, 0.29) is 5.91 Å². The zero-order valence-corrected chi connectivity index (χ0v) is 10.9. The predicted octanol–water partition coefficient (Wildman–Crippen LogP) is 3.04. The molecule has 5 heteroatoms. The standard InChI is InChI=1S/C12H13Cl2NO2/c1-7(12(16)15-9-3-4-9)17-11-5-2-8(13)6-10(11)14/h2,5-7,9H,3-4H2,1H3,(H,15,16)/t7-/m0/s1. The third kappa shape index (κ3) is 3.51. The SMILES string of the molecule is C[C@H](Oc1ccc(Cl)cc1Cl)C(=O)NC1CC1. The van der Waals surface area contributed by atoms with Crippen LogP contribution in [0.2, 0.25) is 10.0 Å². The summed E-state index contributed by atoms with van der Waals surface area (Å²) in [6, 6.07) is 5.25. The van der Waals surface area contributed by atoms with E-state index in [4.69, 9.17) is 27.9 Å². The average molecular weight is 274 g/mol. The van der Waals surface area contributed by atoms with Crippen molar-refractivity contribution in [1.29, 1.82) is 0 Å². The molecule has 0 aliphatic heterocycles. The summed E-state index contributed by atoms with van der Waals surface area (Å²) in [5.74, 6) is 0.355. The maximum absolute atomic E-state index is 11.7. The van der Waals surface area contributed by atoms with E-state index in [9.17, 15) is 4.79 Å². The summed E-state index contributed by atoms with van der Waals surface area (Å²) in [5.41, 5.74) is 0. The lowest BCUT2D eigenvalue weighted by molar-refractivity contribution is -0.127. The molecule has 2 rings (SSSR count). The Morgan fingerprint density at radius 2 is 2.18 bits per heavy atom. The van der Waals surface area contributed by atoms with Crippen molar-refractivity contribution in [2.75, 3.05) is 0 Å². The molecule has 0 aromatic heterocycles. The van der Waals surface area contributed by atoms with Gasteiger partial charge in [-0.2, -0.15) is 0 Å². The second-order valence-corrected chi connectivity index (χ2v) is 4.96. The molecule has 0 heterocycles. The Bertz CT molecular complexity index is 433. The Labute approximate surface area is 110 Å². The first-order valence-corrected chi connectivity index (χ1v) is 6.24. The fraction of sp³-hybridized carbons (Fsp3) is 0.417. The molecule has 3 nitrogen and oxygen atoms in total. The Balaban J connectivity index is 1.96. The Morgan fingerprint density at radius 1 is 1.47 bits per heavy atom. The molecule has 17 heavy (non-hydrogen) atoms. The quantitative estimate of drug-likeness (QED) is 0.916. The molecule has 0 bridgehead atoms. The van der Waals surface area contributed by atoms with Gasteiger partial charge < -0.3 is 10.1 Å². The van der Waals surface area contributed by atoms with Crippen LogP contribution in [0.3, 0.4) is 0 Å². The third-order valence-corrected chi connectivity index (χ3v) is 3.02. The summed E-state index contributed by atoms with van der Waals surface area (Å²) in [6.45, 7) is 1.70. The number of carbonyl (C=O) groups is 1. The van der Waals surface area contributed by atoms with Crippen molar-refractivity contribution >= 4 is 29.1 Å². The minimum Gasteiger partial charge on any atom is -0.479 e. The number of halogens is 2. The molecule has 1 N–H and O–H groups in total. The van der Waals surface area contributed by atoms with Gasteiger partial charge in [0.15, 0.2) is 6.10 Å². The number of carbonyl (C=O) groups excluding carboxylic acids is 1. The number of ether oxygens (including phenoxy) is 1. The molecular weight excluding hydrogens is 261 g/mol. The molecule has 1 saturated carbocycles. The van der Waals surface area contributed by atoms with Crippen LogP contribution in [-0.2, 0) is 4.79 Å². The first-order chi connectivity index (χ1) is 8.06. The summed E-state index contributed by atoms with van der Waals surface area (Å²) in [5, 5.41) is 3.82. The van der Waals surface area contributed by atoms with Crippen molar-refractivity contribution in [3.63, 3.8) is 0 Å². The van der Waals surface area contributed by atoms with Gasteiger partial charge in [0.25, 0.3) is 5.91 Å². The van der Waals surface area contributed by atoms with Crippen LogP contribution < -0.4 is 10.1 Å². The van der Waals surface area contributed by atoms with Crippen molar-refractivity contribution in [1.82, 2.24) is 5.32 Å². The van der Waals surface area contributed by atoms with Gasteiger partial charge in [-0.25, -0.2) is 0 Å². The van der Waals surface area contributed by atoms with Gasteiger partial charge in [-0.15, -0.1) is 0 Å². The molecule has 1 fully saturated rings. The number of benzene rings is 1. The lowest BCUT2D eigenvalue weighted by atomic mass is 10.3. The van der Waals surface area contributed by atoms with Crippen molar-refractivity contribution in [2.45, 2.75) is 31.9 Å². The van der Waals surface area contributed by atoms with Crippen LogP contribution in [0.4, 0.5) is 0 Å². The fourth-order valence-electron chi connectivity index (χ4n) is 1.36. The van der Waals surface area contributed by atoms with Crippen molar-refractivity contribution in [3.05, 3.63) is 28.2 Å². The van der Waals surface area contributed by atoms with Crippen molar-refractivity contribution < 1.29 is 9.53 Å². The van der Waals surface area contributed by atoms with Crippen LogP contribution in [0, 0.1) is 0 Å². The van der Waals surface area contributed by atoms with Crippen LogP contribution in [0.25, 0.3) is 0 Å². The molecule has 0 radical (unpaired) electrons. The molecule has 1 aliphatic rings. The van der Waals surface area contributed by atoms with Crippen LogP contribution in [0.5, 0.6) is 5.75 Å². The summed E-state index contributed by atoms with van der Waals surface area (Å²) in [6.07, 6.45) is 1.55. The molecule has 92 valence electrons. The first kappa shape index (κ1) is 12.5. The Kier molecular flexibility index (Phi) is 3.79. The number of nitrogens with one attached hydrogen (secondary N) is 1. The maximum atomic E-state index is 11.7. The van der Waals surface area contributed by atoms with Crippen LogP contribution in [-0.4, -0.2) is 18.1 Å². The highest BCUT2D eigenvalue weighted by Gasteiger charge is 2.26. The van der Waals surface area contributed by atoms with E-state index in [1.807, 2.05) is 0 Å². The summed E-state index contributed by atoms with van der Waals surface area (Å²) in [7, 11) is 0. The zero-order chi connectivity index (χ0) is 12.4. The third-order valence-electron chi connectivity index (χ3n) is 2.49. The van der Waals surface area contributed by atoms with E-state index in [1.165, 1.54) is 0 Å². The summed E-state index contributed by atoms with van der Waals surface area (Å²) < 4.78 is 5.49. The van der Waals surface area contributed by atoms with Crippen molar-refractivity contribution in [3.8, 4) is 5.75 Å². The lowest BCUT2D eigenvalue weighted by Gasteiger charge is -2.15. The van der Waals surface area contributed by atoms with Gasteiger partial charge in [0.05, 0.1) is 5.02 Å². The maximum Gasteiger partial charge on any atom is 0.260 e. The molecular formula is C12H13Cl2NO2. The smallest absolute Gasteiger partial charge is 0.260 e. The van der Waals surface area contributed by atoms with E-state index < -0.39 is 6.10 Å². The minimum absolute atomic E-state index is 0.112. The minimum atomic E-state index is -0.561. The molecule has 1 aromatic carbocycles. The normalized spacial score (nSPS) is 16.4. The molecule has 0 spiro atoms. The van der Waals surface area contributed by atoms with Crippen LogP contribution in [0.15, 0.2) is 18.2 Å². The largest absolute Gasteiger partial charge is 0.479 e. The van der Waals surface area contributed by atoms with Gasteiger partial charge in [0.1, 0.15) is 5.75 Å². The van der Waals surface area contributed by atoms with E-state index in [0.717, 1.165) is 12.8 Å². The zero-order valence-electron chi connectivity index (χ0n) is 9.37. The first-order valence-electron chi connectivity index (χ1n) is 5.48. The Morgan fingerprint density at radius 3 is 2.76 bits per heavy atom. The number of hydrogen-bond acceptors (Lipinski definition) is 2. The number of rotatable bonds is 4.